The molecule has 1 aromatic heterocycles. The Morgan fingerprint density at radius 2 is 1.90 bits per heavy atom. The standard InChI is InChI=1S/C26H34O4S/c1-2-3-4-8-23(28)18-9-11-20(12-10-18)25-19(13-14-21(25)17-27)6-5-7-22-15-16-24(31-22)26(29)30/h9-12,15-16,19,23,27-28H,2-8,13-14,17H2,1H3,(H,29,30)/t19?,23-/m0/s1. The van der Waals surface area contributed by atoms with E-state index in [0.717, 1.165) is 79.4 Å². The van der Waals surface area contributed by atoms with Gasteiger partial charge in [0.05, 0.1) is 12.7 Å². The molecule has 0 saturated heterocycles. The quantitative estimate of drug-likeness (QED) is 0.340. The topological polar surface area (TPSA) is 77.8 Å². The Bertz CT molecular complexity index is 881. The minimum atomic E-state index is -0.858. The van der Waals surface area contributed by atoms with Crippen LogP contribution in [0.5, 0.6) is 0 Å². The average molecular weight is 443 g/mol. The summed E-state index contributed by atoms with van der Waals surface area (Å²) in [5, 5.41) is 29.4. The molecular weight excluding hydrogens is 408 g/mol. The highest BCUT2D eigenvalue weighted by atomic mass is 32.1. The van der Waals surface area contributed by atoms with Crippen molar-refractivity contribution in [1.29, 1.82) is 0 Å². The fraction of sp³-hybridized carbons (Fsp3) is 0.500. The van der Waals surface area contributed by atoms with Crippen LogP contribution < -0.4 is 0 Å². The molecule has 0 aliphatic heterocycles. The molecule has 1 unspecified atom stereocenters. The predicted molar refractivity (Wildman–Crippen MR) is 126 cm³/mol. The monoisotopic (exact) mass is 442 g/mol. The Morgan fingerprint density at radius 1 is 1.13 bits per heavy atom. The van der Waals surface area contributed by atoms with Gasteiger partial charge in [-0.15, -0.1) is 11.3 Å². The molecule has 0 radical (unpaired) electrons. The molecule has 1 aromatic carbocycles. The summed E-state index contributed by atoms with van der Waals surface area (Å²) in [5.41, 5.74) is 4.52. The van der Waals surface area contributed by atoms with Gasteiger partial charge >= 0.3 is 5.97 Å². The highest BCUT2D eigenvalue weighted by Gasteiger charge is 2.26. The number of carbonyl (C=O) groups is 1. The van der Waals surface area contributed by atoms with Crippen molar-refractivity contribution in [3.05, 3.63) is 62.9 Å². The number of hydrogen-bond donors (Lipinski definition) is 3. The summed E-state index contributed by atoms with van der Waals surface area (Å²) in [6.07, 6.45) is 8.63. The Balaban J connectivity index is 1.62. The molecule has 2 aromatic rings. The van der Waals surface area contributed by atoms with Gasteiger partial charge < -0.3 is 15.3 Å². The minimum absolute atomic E-state index is 0.0973. The van der Waals surface area contributed by atoms with Crippen molar-refractivity contribution >= 4 is 22.9 Å². The maximum Gasteiger partial charge on any atom is 0.345 e. The molecule has 0 bridgehead atoms. The van der Waals surface area contributed by atoms with Crippen LogP contribution in [0.3, 0.4) is 0 Å². The first-order valence-corrected chi connectivity index (χ1v) is 12.3. The summed E-state index contributed by atoms with van der Waals surface area (Å²) in [5.74, 6) is -0.440. The van der Waals surface area contributed by atoms with Crippen LogP contribution in [-0.2, 0) is 6.42 Å². The summed E-state index contributed by atoms with van der Waals surface area (Å²) in [4.78, 5) is 12.6. The highest BCUT2D eigenvalue weighted by Crippen LogP contribution is 2.42. The lowest BCUT2D eigenvalue weighted by molar-refractivity contribution is 0.0702. The fourth-order valence-corrected chi connectivity index (χ4v) is 5.49. The fourth-order valence-electron chi connectivity index (χ4n) is 4.60. The molecule has 0 fully saturated rings. The zero-order valence-electron chi connectivity index (χ0n) is 18.3. The summed E-state index contributed by atoms with van der Waals surface area (Å²) < 4.78 is 0. The van der Waals surface area contributed by atoms with Gasteiger partial charge in [-0.1, -0.05) is 50.5 Å². The molecule has 4 nitrogen and oxygen atoms in total. The number of carboxylic acids is 1. The van der Waals surface area contributed by atoms with Gasteiger partial charge in [0.15, 0.2) is 0 Å². The SMILES string of the molecule is CCCCC[C@H](O)c1ccc(C2=C(CO)CCC2CCCc2ccc(C(=O)O)s2)cc1. The van der Waals surface area contributed by atoms with E-state index in [1.807, 2.05) is 18.2 Å². The third kappa shape index (κ3) is 6.28. The molecule has 3 N–H and O–H groups in total. The molecule has 0 amide bonds. The molecule has 5 heteroatoms. The Kier molecular flexibility index (Phi) is 8.88. The van der Waals surface area contributed by atoms with E-state index in [2.05, 4.69) is 19.1 Å². The number of unbranched alkanes of at least 4 members (excludes halogenated alkanes) is 2. The third-order valence-electron chi connectivity index (χ3n) is 6.31. The number of rotatable bonds is 12. The van der Waals surface area contributed by atoms with Crippen molar-refractivity contribution in [2.75, 3.05) is 6.61 Å². The van der Waals surface area contributed by atoms with Crippen molar-refractivity contribution < 1.29 is 20.1 Å². The number of aryl methyl sites for hydroxylation is 1. The van der Waals surface area contributed by atoms with E-state index < -0.39 is 12.1 Å². The molecule has 3 rings (SSSR count). The average Bonchev–Trinajstić information content (AvgIpc) is 3.41. The van der Waals surface area contributed by atoms with Crippen molar-refractivity contribution in [1.82, 2.24) is 0 Å². The third-order valence-corrected chi connectivity index (χ3v) is 7.44. The predicted octanol–water partition coefficient (Wildman–Crippen LogP) is 6.24. The van der Waals surface area contributed by atoms with Gasteiger partial charge in [-0.05, 0) is 78.8 Å². The van der Waals surface area contributed by atoms with Gasteiger partial charge in [0.1, 0.15) is 4.88 Å². The van der Waals surface area contributed by atoms with Crippen molar-refractivity contribution in [2.24, 2.45) is 5.92 Å². The number of aromatic carboxylic acids is 1. The van der Waals surface area contributed by atoms with Crippen LogP contribution in [0, 0.1) is 5.92 Å². The van der Waals surface area contributed by atoms with Gasteiger partial charge in [-0.3, -0.25) is 0 Å². The zero-order valence-corrected chi connectivity index (χ0v) is 19.2. The number of thiophene rings is 1. The van der Waals surface area contributed by atoms with Gasteiger partial charge in [0.25, 0.3) is 0 Å². The molecule has 1 aliphatic carbocycles. The molecule has 2 atom stereocenters. The zero-order chi connectivity index (χ0) is 22.2. The van der Waals surface area contributed by atoms with Crippen LogP contribution in [0.4, 0.5) is 0 Å². The van der Waals surface area contributed by atoms with E-state index in [1.165, 1.54) is 16.9 Å². The second kappa shape index (κ2) is 11.6. The van der Waals surface area contributed by atoms with Crippen LogP contribution in [0.25, 0.3) is 5.57 Å². The maximum absolute atomic E-state index is 11.1. The first kappa shape index (κ1) is 23.7. The molecule has 1 aliphatic rings. The lowest BCUT2D eigenvalue weighted by Gasteiger charge is -2.17. The Morgan fingerprint density at radius 3 is 2.55 bits per heavy atom. The smallest absolute Gasteiger partial charge is 0.345 e. The Labute approximate surface area is 189 Å². The first-order valence-electron chi connectivity index (χ1n) is 11.5. The second-order valence-electron chi connectivity index (χ2n) is 8.51. The number of aliphatic hydroxyl groups is 2. The van der Waals surface area contributed by atoms with E-state index in [9.17, 15) is 15.0 Å². The molecular formula is C26H34O4S. The molecule has 168 valence electrons. The van der Waals surface area contributed by atoms with E-state index in [4.69, 9.17) is 5.11 Å². The summed E-state index contributed by atoms with van der Waals surface area (Å²) >= 11 is 1.36. The number of carboxylic acid groups (broad SMARTS) is 1. The largest absolute Gasteiger partial charge is 0.477 e. The van der Waals surface area contributed by atoms with Crippen molar-refractivity contribution in [3.63, 3.8) is 0 Å². The Hall–Kier alpha value is -1.95. The number of benzene rings is 1. The molecule has 31 heavy (non-hydrogen) atoms. The van der Waals surface area contributed by atoms with Crippen LogP contribution in [-0.4, -0.2) is 27.9 Å². The highest BCUT2D eigenvalue weighted by molar-refractivity contribution is 7.13. The number of allylic oxidation sites excluding steroid dienone is 1. The molecule has 1 heterocycles. The summed E-state index contributed by atoms with van der Waals surface area (Å²) in [6, 6.07) is 11.9. The lowest BCUT2D eigenvalue weighted by atomic mass is 9.88. The first-order chi connectivity index (χ1) is 15.0. The lowest BCUT2D eigenvalue weighted by Crippen LogP contribution is -2.03. The molecule has 0 spiro atoms. The van der Waals surface area contributed by atoms with Crippen molar-refractivity contribution in [3.8, 4) is 0 Å². The van der Waals surface area contributed by atoms with Crippen LogP contribution in [0.1, 0.15) is 90.1 Å². The van der Waals surface area contributed by atoms with Crippen LogP contribution >= 0.6 is 11.3 Å². The summed E-state index contributed by atoms with van der Waals surface area (Å²) in [6.45, 7) is 2.26. The number of hydrogen-bond acceptors (Lipinski definition) is 4. The van der Waals surface area contributed by atoms with E-state index in [-0.39, 0.29) is 6.61 Å². The summed E-state index contributed by atoms with van der Waals surface area (Å²) in [7, 11) is 0. The van der Waals surface area contributed by atoms with Gasteiger partial charge in [0.2, 0.25) is 0 Å². The van der Waals surface area contributed by atoms with E-state index >= 15 is 0 Å². The van der Waals surface area contributed by atoms with E-state index in [0.29, 0.717) is 10.8 Å². The molecule has 0 saturated carbocycles. The minimum Gasteiger partial charge on any atom is -0.477 e. The normalized spacial score (nSPS) is 17.3. The van der Waals surface area contributed by atoms with E-state index in [1.54, 1.807) is 6.07 Å². The van der Waals surface area contributed by atoms with Crippen molar-refractivity contribution in [2.45, 2.75) is 70.8 Å². The second-order valence-corrected chi connectivity index (χ2v) is 9.68. The van der Waals surface area contributed by atoms with Crippen LogP contribution in [0.15, 0.2) is 42.0 Å². The van der Waals surface area contributed by atoms with Gasteiger partial charge in [-0.25, -0.2) is 4.79 Å². The van der Waals surface area contributed by atoms with Gasteiger partial charge in [-0.2, -0.15) is 0 Å². The maximum atomic E-state index is 11.1. The van der Waals surface area contributed by atoms with Gasteiger partial charge in [0, 0.05) is 4.88 Å². The van der Waals surface area contributed by atoms with Crippen LogP contribution in [0.2, 0.25) is 0 Å². The number of aliphatic hydroxyl groups excluding tert-OH is 2.